The zero-order valence-corrected chi connectivity index (χ0v) is 19.9. The second-order valence-corrected chi connectivity index (χ2v) is 10.4. The van der Waals surface area contributed by atoms with Crippen LogP contribution in [0.25, 0.3) is 22.0 Å². The second kappa shape index (κ2) is 9.73. The van der Waals surface area contributed by atoms with Gasteiger partial charge in [0.2, 0.25) is 0 Å². The van der Waals surface area contributed by atoms with Crippen LogP contribution >= 0.6 is 0 Å². The minimum atomic E-state index is -3.91. The molecule has 182 valence electrons. The Kier molecular flexibility index (Phi) is 6.50. The summed E-state index contributed by atoms with van der Waals surface area (Å²) in [5.41, 5.74) is 1.72. The van der Waals surface area contributed by atoms with Gasteiger partial charge in [-0.3, -0.25) is 14.5 Å². The number of rotatable bonds is 8. The maximum atomic E-state index is 14.1. The molecule has 4 aromatic rings. The Morgan fingerprint density at radius 3 is 2.43 bits per heavy atom. The van der Waals surface area contributed by atoms with Crippen LogP contribution in [0.5, 0.6) is 0 Å². The van der Waals surface area contributed by atoms with Crippen molar-refractivity contribution in [2.45, 2.75) is 11.4 Å². The number of carbonyl (C=O) groups excluding carboxylic acids is 1. The highest BCUT2D eigenvalue weighted by Crippen LogP contribution is 2.33. The van der Waals surface area contributed by atoms with E-state index < -0.39 is 15.8 Å². The SMILES string of the molecule is O=CCN1CCN(CCn2cc(-c3cn(S(=O)(=O)c4ccccc4)c4cc(F)ccc34)cn2)CC1. The molecule has 0 bridgehead atoms. The number of fused-ring (bicyclic) bond motifs is 1. The van der Waals surface area contributed by atoms with Gasteiger partial charge in [0.25, 0.3) is 10.0 Å². The first-order chi connectivity index (χ1) is 17.0. The highest BCUT2D eigenvalue weighted by Gasteiger charge is 2.23. The predicted molar refractivity (Wildman–Crippen MR) is 131 cm³/mol. The normalized spacial score (nSPS) is 15.6. The van der Waals surface area contributed by atoms with Crippen molar-refractivity contribution in [3.8, 4) is 11.1 Å². The number of hydrogen-bond acceptors (Lipinski definition) is 6. The molecule has 0 aliphatic carbocycles. The summed E-state index contributed by atoms with van der Waals surface area (Å²) < 4.78 is 43.8. The Labute approximate surface area is 203 Å². The van der Waals surface area contributed by atoms with Gasteiger partial charge < -0.3 is 4.79 Å². The average Bonchev–Trinajstić information content (AvgIpc) is 3.49. The lowest BCUT2D eigenvalue weighted by molar-refractivity contribution is -0.109. The Hall–Kier alpha value is -3.34. The van der Waals surface area contributed by atoms with Crippen LogP contribution < -0.4 is 0 Å². The van der Waals surface area contributed by atoms with Crippen LogP contribution in [0.15, 0.2) is 72.0 Å². The third-order valence-electron chi connectivity index (χ3n) is 6.42. The van der Waals surface area contributed by atoms with Crippen molar-refractivity contribution >= 4 is 27.2 Å². The van der Waals surface area contributed by atoms with E-state index in [2.05, 4.69) is 14.9 Å². The number of aromatic nitrogens is 3. The number of nitrogens with zero attached hydrogens (tertiary/aromatic N) is 5. The first-order valence-corrected chi connectivity index (χ1v) is 12.9. The maximum absolute atomic E-state index is 14.1. The zero-order chi connectivity index (χ0) is 24.4. The fourth-order valence-corrected chi connectivity index (χ4v) is 5.86. The standard InChI is InChI=1S/C25H26FN5O3S/c26-21-6-7-23-24(19-31(25(23)16-21)35(33,34)22-4-2-1-3-5-22)20-17-27-30(18-20)13-12-28-8-10-29(11-9-28)14-15-32/h1-7,15-19H,8-14H2. The minimum Gasteiger partial charge on any atom is -0.302 e. The Morgan fingerprint density at radius 1 is 0.943 bits per heavy atom. The molecule has 0 N–H and O–H groups in total. The van der Waals surface area contributed by atoms with Crippen LogP contribution in [0.4, 0.5) is 4.39 Å². The molecule has 0 saturated carbocycles. The van der Waals surface area contributed by atoms with Gasteiger partial charge in [0, 0.05) is 61.6 Å². The lowest BCUT2D eigenvalue weighted by Gasteiger charge is -2.33. The van der Waals surface area contributed by atoms with E-state index in [-0.39, 0.29) is 10.4 Å². The molecule has 0 spiro atoms. The fraction of sp³-hybridized carbons (Fsp3) is 0.280. The molecule has 1 saturated heterocycles. The van der Waals surface area contributed by atoms with Gasteiger partial charge in [-0.15, -0.1) is 0 Å². The Bertz CT molecular complexity index is 1440. The molecule has 10 heteroatoms. The van der Waals surface area contributed by atoms with Crippen molar-refractivity contribution < 1.29 is 17.6 Å². The van der Waals surface area contributed by atoms with E-state index in [0.29, 0.717) is 24.0 Å². The van der Waals surface area contributed by atoms with Crippen molar-refractivity contribution in [1.29, 1.82) is 0 Å². The molecule has 1 fully saturated rings. The molecule has 0 radical (unpaired) electrons. The van der Waals surface area contributed by atoms with E-state index in [1.807, 2.05) is 10.9 Å². The monoisotopic (exact) mass is 495 g/mol. The van der Waals surface area contributed by atoms with Gasteiger partial charge in [0.05, 0.1) is 29.7 Å². The fourth-order valence-electron chi connectivity index (χ4n) is 4.48. The van der Waals surface area contributed by atoms with Gasteiger partial charge in [-0.05, 0) is 30.3 Å². The molecule has 0 unspecified atom stereocenters. The average molecular weight is 496 g/mol. The summed E-state index contributed by atoms with van der Waals surface area (Å²) in [4.78, 5) is 15.3. The second-order valence-electron chi connectivity index (χ2n) is 8.62. The van der Waals surface area contributed by atoms with Gasteiger partial charge in [0.1, 0.15) is 12.1 Å². The van der Waals surface area contributed by atoms with Crippen LogP contribution in [0.3, 0.4) is 0 Å². The summed E-state index contributed by atoms with van der Waals surface area (Å²) >= 11 is 0. The number of carbonyl (C=O) groups is 1. The largest absolute Gasteiger partial charge is 0.302 e. The number of halogens is 1. The third-order valence-corrected chi connectivity index (χ3v) is 8.11. The molecule has 35 heavy (non-hydrogen) atoms. The quantitative estimate of drug-likeness (QED) is 0.350. The Morgan fingerprint density at radius 2 is 1.69 bits per heavy atom. The number of benzene rings is 2. The van der Waals surface area contributed by atoms with E-state index in [1.54, 1.807) is 36.7 Å². The summed E-state index contributed by atoms with van der Waals surface area (Å²) in [6.07, 6.45) is 6.08. The third kappa shape index (κ3) is 4.77. The number of piperazine rings is 1. The number of aldehydes is 1. The van der Waals surface area contributed by atoms with Gasteiger partial charge >= 0.3 is 0 Å². The van der Waals surface area contributed by atoms with Crippen molar-refractivity contribution in [3.05, 3.63) is 72.9 Å². The maximum Gasteiger partial charge on any atom is 0.268 e. The lowest BCUT2D eigenvalue weighted by atomic mass is 10.1. The zero-order valence-electron chi connectivity index (χ0n) is 19.1. The molecule has 2 aromatic heterocycles. The summed E-state index contributed by atoms with van der Waals surface area (Å²) in [5, 5.41) is 5.11. The van der Waals surface area contributed by atoms with E-state index in [1.165, 1.54) is 24.3 Å². The van der Waals surface area contributed by atoms with Crippen LogP contribution in [0, 0.1) is 5.82 Å². The summed E-state index contributed by atoms with van der Waals surface area (Å²) in [6, 6.07) is 12.3. The summed E-state index contributed by atoms with van der Waals surface area (Å²) in [6.45, 7) is 5.53. The molecular weight excluding hydrogens is 469 g/mol. The van der Waals surface area contributed by atoms with Crippen LogP contribution in [0.1, 0.15) is 0 Å². The topological polar surface area (TPSA) is 80.4 Å². The van der Waals surface area contributed by atoms with Gasteiger partial charge in [-0.2, -0.15) is 5.10 Å². The van der Waals surface area contributed by atoms with Crippen LogP contribution in [-0.4, -0.2) is 77.5 Å². The number of hydrogen-bond donors (Lipinski definition) is 0. The molecule has 5 rings (SSSR count). The van der Waals surface area contributed by atoms with Crippen molar-refractivity contribution in [2.75, 3.05) is 39.3 Å². The predicted octanol–water partition coefficient (Wildman–Crippen LogP) is 2.70. The van der Waals surface area contributed by atoms with Crippen molar-refractivity contribution in [2.24, 2.45) is 0 Å². The molecule has 8 nitrogen and oxygen atoms in total. The van der Waals surface area contributed by atoms with Gasteiger partial charge in [0.15, 0.2) is 0 Å². The molecular formula is C25H26FN5O3S. The minimum absolute atomic E-state index is 0.136. The van der Waals surface area contributed by atoms with Crippen molar-refractivity contribution in [3.63, 3.8) is 0 Å². The molecule has 0 atom stereocenters. The first kappa shape index (κ1) is 23.4. The molecule has 1 aliphatic heterocycles. The van der Waals surface area contributed by atoms with Crippen LogP contribution in [0.2, 0.25) is 0 Å². The smallest absolute Gasteiger partial charge is 0.268 e. The summed E-state index contributed by atoms with van der Waals surface area (Å²) in [7, 11) is -3.91. The molecule has 3 heterocycles. The molecule has 2 aromatic carbocycles. The van der Waals surface area contributed by atoms with E-state index in [4.69, 9.17) is 0 Å². The molecule has 0 amide bonds. The molecule has 1 aliphatic rings. The first-order valence-electron chi connectivity index (χ1n) is 11.5. The highest BCUT2D eigenvalue weighted by atomic mass is 32.2. The highest BCUT2D eigenvalue weighted by molar-refractivity contribution is 7.90. The van der Waals surface area contributed by atoms with Gasteiger partial charge in [-0.1, -0.05) is 18.2 Å². The van der Waals surface area contributed by atoms with E-state index in [9.17, 15) is 17.6 Å². The summed E-state index contributed by atoms with van der Waals surface area (Å²) in [5.74, 6) is -0.504. The van der Waals surface area contributed by atoms with E-state index >= 15 is 0 Å². The van der Waals surface area contributed by atoms with E-state index in [0.717, 1.165) is 48.5 Å². The van der Waals surface area contributed by atoms with Crippen LogP contribution in [-0.2, 0) is 21.4 Å². The van der Waals surface area contributed by atoms with Gasteiger partial charge in [-0.25, -0.2) is 16.8 Å². The lowest BCUT2D eigenvalue weighted by Crippen LogP contribution is -2.47. The Balaban J connectivity index is 1.40. The van der Waals surface area contributed by atoms with Crippen molar-refractivity contribution in [1.82, 2.24) is 23.6 Å².